The summed E-state index contributed by atoms with van der Waals surface area (Å²) < 4.78 is 6.90. The summed E-state index contributed by atoms with van der Waals surface area (Å²) in [5, 5.41) is 7.00. The third kappa shape index (κ3) is 3.21. The molecule has 1 amide bonds. The number of anilines is 2. The Kier molecular flexibility index (Phi) is 4.21. The molecular weight excluding hydrogens is 334 g/mol. The van der Waals surface area contributed by atoms with Gasteiger partial charge in [0.15, 0.2) is 0 Å². The van der Waals surface area contributed by atoms with Crippen molar-refractivity contribution in [3.8, 4) is 0 Å². The van der Waals surface area contributed by atoms with Gasteiger partial charge in [0.1, 0.15) is 5.82 Å². The van der Waals surface area contributed by atoms with E-state index in [-0.39, 0.29) is 5.82 Å². The fourth-order valence-electron chi connectivity index (χ4n) is 2.89. The third-order valence-electron chi connectivity index (χ3n) is 4.16. The summed E-state index contributed by atoms with van der Waals surface area (Å²) in [6.45, 7) is 6.81. The molecule has 0 aromatic carbocycles. The molecule has 9 nitrogen and oxygen atoms in total. The van der Waals surface area contributed by atoms with Crippen molar-refractivity contribution in [1.82, 2.24) is 24.6 Å². The Balaban J connectivity index is 1.50. The van der Waals surface area contributed by atoms with Crippen LogP contribution in [0.2, 0.25) is 0 Å². The molecule has 1 aliphatic rings. The van der Waals surface area contributed by atoms with Gasteiger partial charge in [0.2, 0.25) is 5.82 Å². The number of amides is 1. The standard InChI is InChI=1S/C17H19N7O2/c1-11-9-12(2)24-17(19-11)21-15(22-24)16(25)20-13-3-4-14(18-10-13)23-5-7-26-8-6-23/h3-4,9-10H,5-8H2,1-2H3,(H,20,25). The van der Waals surface area contributed by atoms with Crippen LogP contribution in [0.1, 0.15) is 22.0 Å². The number of aromatic nitrogens is 5. The topological polar surface area (TPSA) is 97.5 Å². The summed E-state index contributed by atoms with van der Waals surface area (Å²) in [5.41, 5.74) is 2.29. The lowest BCUT2D eigenvalue weighted by Gasteiger charge is -2.27. The predicted octanol–water partition coefficient (Wildman–Crippen LogP) is 1.23. The number of morpholine rings is 1. The molecule has 1 saturated heterocycles. The summed E-state index contributed by atoms with van der Waals surface area (Å²) in [4.78, 5) is 27.5. The van der Waals surface area contributed by atoms with Crippen LogP contribution in [0.5, 0.6) is 0 Å². The fraction of sp³-hybridized carbons (Fsp3) is 0.353. The monoisotopic (exact) mass is 353 g/mol. The number of ether oxygens (including phenoxy) is 1. The molecule has 3 aromatic heterocycles. The maximum absolute atomic E-state index is 12.4. The number of carbonyl (C=O) groups excluding carboxylic acids is 1. The molecule has 1 N–H and O–H groups in total. The van der Waals surface area contributed by atoms with Crippen molar-refractivity contribution in [3.63, 3.8) is 0 Å². The smallest absolute Gasteiger partial charge is 0.295 e. The number of pyridine rings is 1. The van der Waals surface area contributed by atoms with Gasteiger partial charge < -0.3 is 15.0 Å². The third-order valence-corrected chi connectivity index (χ3v) is 4.16. The Bertz CT molecular complexity index is 946. The van der Waals surface area contributed by atoms with Gasteiger partial charge in [0, 0.05) is 24.5 Å². The van der Waals surface area contributed by atoms with Gasteiger partial charge in [-0.3, -0.25) is 4.79 Å². The first-order valence-corrected chi connectivity index (χ1v) is 8.41. The SMILES string of the molecule is Cc1cc(C)n2nc(C(=O)Nc3ccc(N4CCOCC4)nc3)nc2n1. The zero-order chi connectivity index (χ0) is 18.1. The maximum atomic E-state index is 12.4. The minimum Gasteiger partial charge on any atom is -0.378 e. The van der Waals surface area contributed by atoms with Crippen molar-refractivity contribution in [2.75, 3.05) is 36.5 Å². The number of nitrogens with zero attached hydrogens (tertiary/aromatic N) is 6. The molecule has 134 valence electrons. The van der Waals surface area contributed by atoms with E-state index in [1.807, 2.05) is 32.0 Å². The van der Waals surface area contributed by atoms with Crippen LogP contribution in [0.25, 0.3) is 5.78 Å². The zero-order valence-corrected chi connectivity index (χ0v) is 14.6. The van der Waals surface area contributed by atoms with Crippen LogP contribution >= 0.6 is 0 Å². The van der Waals surface area contributed by atoms with Crippen molar-refractivity contribution < 1.29 is 9.53 Å². The number of nitrogens with one attached hydrogen (secondary N) is 1. The first-order chi connectivity index (χ1) is 12.6. The van der Waals surface area contributed by atoms with Gasteiger partial charge in [-0.25, -0.2) is 14.5 Å². The highest BCUT2D eigenvalue weighted by Gasteiger charge is 2.16. The quantitative estimate of drug-likeness (QED) is 0.756. The molecule has 9 heteroatoms. The molecule has 1 fully saturated rings. The lowest BCUT2D eigenvalue weighted by Crippen LogP contribution is -2.36. The van der Waals surface area contributed by atoms with Gasteiger partial charge in [-0.15, -0.1) is 5.10 Å². The molecule has 0 saturated carbocycles. The van der Waals surface area contributed by atoms with Crippen LogP contribution < -0.4 is 10.2 Å². The van der Waals surface area contributed by atoms with Crippen LogP contribution in [-0.2, 0) is 4.74 Å². The molecular formula is C17H19N7O2. The molecule has 26 heavy (non-hydrogen) atoms. The van der Waals surface area contributed by atoms with Gasteiger partial charge in [-0.05, 0) is 32.0 Å². The second-order valence-corrected chi connectivity index (χ2v) is 6.14. The first kappa shape index (κ1) is 16.4. The molecule has 0 aliphatic carbocycles. The zero-order valence-electron chi connectivity index (χ0n) is 14.6. The molecule has 0 radical (unpaired) electrons. The van der Waals surface area contributed by atoms with Crippen LogP contribution in [0.15, 0.2) is 24.4 Å². The van der Waals surface area contributed by atoms with Crippen molar-refractivity contribution in [3.05, 3.63) is 41.6 Å². The number of rotatable bonds is 3. The van der Waals surface area contributed by atoms with Crippen LogP contribution in [0.3, 0.4) is 0 Å². The average molecular weight is 353 g/mol. The molecule has 4 rings (SSSR count). The Morgan fingerprint density at radius 1 is 1.19 bits per heavy atom. The average Bonchev–Trinajstić information content (AvgIpc) is 3.08. The highest BCUT2D eigenvalue weighted by atomic mass is 16.5. The molecule has 0 bridgehead atoms. The highest BCUT2D eigenvalue weighted by Crippen LogP contribution is 2.16. The minimum atomic E-state index is -0.395. The van der Waals surface area contributed by atoms with E-state index in [0.29, 0.717) is 24.7 Å². The van der Waals surface area contributed by atoms with E-state index in [2.05, 4.69) is 30.3 Å². The van der Waals surface area contributed by atoms with E-state index in [1.54, 1.807) is 10.7 Å². The largest absolute Gasteiger partial charge is 0.378 e. The lowest BCUT2D eigenvalue weighted by atomic mass is 10.3. The van der Waals surface area contributed by atoms with Crippen LogP contribution in [0, 0.1) is 13.8 Å². The normalized spacial score (nSPS) is 14.6. The Morgan fingerprint density at radius 2 is 2.00 bits per heavy atom. The van der Waals surface area contributed by atoms with Gasteiger partial charge in [0.25, 0.3) is 11.7 Å². The van der Waals surface area contributed by atoms with Crippen LogP contribution in [-0.4, -0.2) is 56.8 Å². The molecule has 3 aromatic rings. The highest BCUT2D eigenvalue weighted by molar-refractivity contribution is 6.01. The van der Waals surface area contributed by atoms with Crippen molar-refractivity contribution >= 4 is 23.2 Å². The summed E-state index contributed by atoms with van der Waals surface area (Å²) in [5.74, 6) is 0.956. The molecule has 1 aliphatic heterocycles. The van der Waals surface area contributed by atoms with Crippen molar-refractivity contribution in [1.29, 1.82) is 0 Å². The van der Waals surface area contributed by atoms with Crippen molar-refractivity contribution in [2.24, 2.45) is 0 Å². The number of fused-ring (bicyclic) bond motifs is 1. The van der Waals surface area contributed by atoms with Gasteiger partial charge >= 0.3 is 0 Å². The predicted molar refractivity (Wildman–Crippen MR) is 95.5 cm³/mol. The molecule has 0 spiro atoms. The first-order valence-electron chi connectivity index (χ1n) is 8.41. The van der Waals surface area contributed by atoms with E-state index in [9.17, 15) is 4.79 Å². The second-order valence-electron chi connectivity index (χ2n) is 6.14. The second kappa shape index (κ2) is 6.68. The lowest BCUT2D eigenvalue weighted by molar-refractivity contribution is 0.101. The van der Waals surface area contributed by atoms with Crippen molar-refractivity contribution in [2.45, 2.75) is 13.8 Å². The number of hydrogen-bond acceptors (Lipinski definition) is 7. The molecule has 4 heterocycles. The van der Waals surface area contributed by atoms with E-state index >= 15 is 0 Å². The summed E-state index contributed by atoms with van der Waals surface area (Å²) in [6.07, 6.45) is 1.63. The molecule has 0 unspecified atom stereocenters. The van der Waals surface area contributed by atoms with Gasteiger partial charge in [-0.1, -0.05) is 0 Å². The summed E-state index contributed by atoms with van der Waals surface area (Å²) in [7, 11) is 0. The van der Waals surface area contributed by atoms with Gasteiger partial charge in [0.05, 0.1) is 25.1 Å². The van der Waals surface area contributed by atoms with Crippen LogP contribution in [0.4, 0.5) is 11.5 Å². The Hall–Kier alpha value is -3.07. The van der Waals surface area contributed by atoms with E-state index in [1.165, 1.54) is 0 Å². The number of carbonyl (C=O) groups is 1. The maximum Gasteiger partial charge on any atom is 0.295 e. The minimum absolute atomic E-state index is 0.0726. The van der Waals surface area contributed by atoms with E-state index < -0.39 is 5.91 Å². The van der Waals surface area contributed by atoms with E-state index in [4.69, 9.17) is 4.74 Å². The Morgan fingerprint density at radius 3 is 2.73 bits per heavy atom. The van der Waals surface area contributed by atoms with Gasteiger partial charge in [-0.2, -0.15) is 4.98 Å². The Labute approximate surface area is 150 Å². The number of aryl methyl sites for hydroxylation is 2. The molecule has 0 atom stereocenters. The van der Waals surface area contributed by atoms with E-state index in [0.717, 1.165) is 30.3 Å². The summed E-state index contributed by atoms with van der Waals surface area (Å²) >= 11 is 0. The number of hydrogen-bond donors (Lipinski definition) is 1. The summed E-state index contributed by atoms with van der Waals surface area (Å²) in [6, 6.07) is 5.59. The fourth-order valence-corrected chi connectivity index (χ4v) is 2.89.